The Bertz CT molecular complexity index is 477. The lowest BCUT2D eigenvalue weighted by Crippen LogP contribution is -2.40. The Hall–Kier alpha value is -1.02. The number of fused-ring (bicyclic) bond motifs is 1. The van der Waals surface area contributed by atoms with Crippen molar-refractivity contribution in [2.24, 2.45) is 0 Å². The van der Waals surface area contributed by atoms with E-state index < -0.39 is 0 Å². The Labute approximate surface area is 123 Å². The summed E-state index contributed by atoms with van der Waals surface area (Å²) in [7, 11) is 0. The van der Waals surface area contributed by atoms with Gasteiger partial charge in [-0.2, -0.15) is 0 Å². The predicted molar refractivity (Wildman–Crippen MR) is 85.6 cm³/mol. The maximum atomic E-state index is 6.31. The molecule has 1 unspecified atom stereocenters. The van der Waals surface area contributed by atoms with E-state index in [0.29, 0.717) is 12.0 Å². The zero-order valence-electron chi connectivity index (χ0n) is 13.8. The van der Waals surface area contributed by atoms with E-state index >= 15 is 0 Å². The van der Waals surface area contributed by atoms with Crippen molar-refractivity contribution in [1.82, 2.24) is 5.32 Å². The second-order valence-corrected chi connectivity index (χ2v) is 6.94. The summed E-state index contributed by atoms with van der Waals surface area (Å²) < 4.78 is 6.31. The molecular formula is C18H29NO. The number of aryl methyl sites for hydroxylation is 1. The van der Waals surface area contributed by atoms with E-state index in [-0.39, 0.29) is 5.60 Å². The molecule has 1 aliphatic heterocycles. The topological polar surface area (TPSA) is 21.3 Å². The number of hydrogen-bond acceptors (Lipinski definition) is 2. The molecule has 0 fully saturated rings. The molecule has 0 radical (unpaired) electrons. The van der Waals surface area contributed by atoms with E-state index in [1.807, 2.05) is 0 Å². The van der Waals surface area contributed by atoms with Gasteiger partial charge in [-0.1, -0.05) is 32.9 Å². The van der Waals surface area contributed by atoms with Gasteiger partial charge in [0.2, 0.25) is 0 Å². The SMILES string of the molecule is CCCNC1CC(C)(C)Oc2c(C)ccc(C(C)C)c21. The van der Waals surface area contributed by atoms with Crippen LogP contribution in [0.3, 0.4) is 0 Å². The third-order valence-electron chi connectivity index (χ3n) is 4.11. The van der Waals surface area contributed by atoms with Gasteiger partial charge in [-0.05, 0) is 50.8 Å². The largest absolute Gasteiger partial charge is 0.487 e. The van der Waals surface area contributed by atoms with Gasteiger partial charge in [-0.3, -0.25) is 0 Å². The van der Waals surface area contributed by atoms with Crippen LogP contribution in [-0.4, -0.2) is 12.1 Å². The van der Waals surface area contributed by atoms with Crippen LogP contribution < -0.4 is 10.1 Å². The summed E-state index contributed by atoms with van der Waals surface area (Å²) in [6.45, 7) is 14.4. The third-order valence-corrected chi connectivity index (χ3v) is 4.11. The second kappa shape index (κ2) is 5.77. The van der Waals surface area contributed by atoms with Crippen LogP contribution in [0.5, 0.6) is 5.75 Å². The molecule has 1 atom stereocenters. The van der Waals surface area contributed by atoms with Crippen molar-refractivity contribution in [2.75, 3.05) is 6.54 Å². The lowest BCUT2D eigenvalue weighted by molar-refractivity contribution is 0.0646. The van der Waals surface area contributed by atoms with E-state index in [1.165, 1.54) is 16.7 Å². The molecular weight excluding hydrogens is 246 g/mol. The fourth-order valence-corrected chi connectivity index (χ4v) is 3.13. The Balaban J connectivity index is 2.51. The van der Waals surface area contributed by atoms with Gasteiger partial charge in [0.1, 0.15) is 11.4 Å². The molecule has 112 valence electrons. The first-order valence-electron chi connectivity index (χ1n) is 7.91. The maximum Gasteiger partial charge on any atom is 0.128 e. The van der Waals surface area contributed by atoms with E-state index in [2.05, 4.69) is 59.0 Å². The van der Waals surface area contributed by atoms with Gasteiger partial charge in [0, 0.05) is 18.0 Å². The van der Waals surface area contributed by atoms with Crippen molar-refractivity contribution in [3.05, 3.63) is 28.8 Å². The Morgan fingerprint density at radius 3 is 2.65 bits per heavy atom. The Morgan fingerprint density at radius 2 is 2.05 bits per heavy atom. The Kier molecular flexibility index (Phi) is 4.43. The third kappa shape index (κ3) is 3.01. The van der Waals surface area contributed by atoms with Gasteiger partial charge in [-0.15, -0.1) is 0 Å². The summed E-state index contributed by atoms with van der Waals surface area (Å²) in [5, 5.41) is 3.73. The molecule has 2 heteroatoms. The molecule has 1 N–H and O–H groups in total. The second-order valence-electron chi connectivity index (χ2n) is 6.94. The zero-order valence-corrected chi connectivity index (χ0v) is 13.8. The van der Waals surface area contributed by atoms with Crippen LogP contribution >= 0.6 is 0 Å². The standard InChI is InChI=1S/C18H29NO/c1-7-10-19-15-11-18(5,6)20-17-13(4)8-9-14(12(2)3)16(15)17/h8-9,12,15,19H,7,10-11H2,1-6H3. The van der Waals surface area contributed by atoms with Gasteiger partial charge in [0.15, 0.2) is 0 Å². The lowest BCUT2D eigenvalue weighted by atomic mass is 9.83. The van der Waals surface area contributed by atoms with Crippen LogP contribution in [-0.2, 0) is 0 Å². The van der Waals surface area contributed by atoms with E-state index in [4.69, 9.17) is 4.74 Å². The van der Waals surface area contributed by atoms with Crippen molar-refractivity contribution in [3.8, 4) is 5.75 Å². The highest BCUT2D eigenvalue weighted by Crippen LogP contribution is 2.44. The van der Waals surface area contributed by atoms with Crippen molar-refractivity contribution < 1.29 is 4.74 Å². The lowest BCUT2D eigenvalue weighted by Gasteiger charge is -2.40. The molecule has 0 aliphatic carbocycles. The molecule has 0 spiro atoms. The van der Waals surface area contributed by atoms with Crippen molar-refractivity contribution in [3.63, 3.8) is 0 Å². The van der Waals surface area contributed by atoms with Crippen molar-refractivity contribution in [2.45, 2.75) is 71.9 Å². The molecule has 1 aromatic rings. The van der Waals surface area contributed by atoms with Crippen LogP contribution in [0.2, 0.25) is 0 Å². The van der Waals surface area contributed by atoms with Crippen LogP contribution in [0.1, 0.15) is 76.1 Å². The highest BCUT2D eigenvalue weighted by molar-refractivity contribution is 5.50. The normalized spacial score (nSPS) is 20.6. The van der Waals surface area contributed by atoms with Crippen LogP contribution in [0, 0.1) is 6.92 Å². The quantitative estimate of drug-likeness (QED) is 0.858. The first-order chi connectivity index (χ1) is 9.35. The average molecular weight is 275 g/mol. The minimum atomic E-state index is -0.0984. The molecule has 1 aliphatic rings. The summed E-state index contributed by atoms with van der Waals surface area (Å²) >= 11 is 0. The molecule has 2 nitrogen and oxygen atoms in total. The predicted octanol–water partition coefficient (Wildman–Crippen LogP) is 4.72. The van der Waals surface area contributed by atoms with Gasteiger partial charge in [0.25, 0.3) is 0 Å². The van der Waals surface area contributed by atoms with Crippen LogP contribution in [0.15, 0.2) is 12.1 Å². The summed E-state index contributed by atoms with van der Waals surface area (Å²) in [6, 6.07) is 4.89. The maximum absolute atomic E-state index is 6.31. The zero-order chi connectivity index (χ0) is 14.9. The number of ether oxygens (including phenoxy) is 1. The van der Waals surface area contributed by atoms with Crippen LogP contribution in [0.4, 0.5) is 0 Å². The Morgan fingerprint density at radius 1 is 1.35 bits per heavy atom. The van der Waals surface area contributed by atoms with Gasteiger partial charge >= 0.3 is 0 Å². The minimum absolute atomic E-state index is 0.0984. The molecule has 2 rings (SSSR count). The van der Waals surface area contributed by atoms with E-state index in [1.54, 1.807) is 0 Å². The number of rotatable bonds is 4. The highest BCUT2D eigenvalue weighted by Gasteiger charge is 2.36. The molecule has 20 heavy (non-hydrogen) atoms. The smallest absolute Gasteiger partial charge is 0.128 e. The van der Waals surface area contributed by atoms with E-state index in [9.17, 15) is 0 Å². The van der Waals surface area contributed by atoms with E-state index in [0.717, 1.165) is 25.1 Å². The monoisotopic (exact) mass is 275 g/mol. The molecule has 0 aromatic heterocycles. The fourth-order valence-electron chi connectivity index (χ4n) is 3.13. The molecule has 0 bridgehead atoms. The van der Waals surface area contributed by atoms with Gasteiger partial charge in [-0.25, -0.2) is 0 Å². The first kappa shape index (κ1) is 15.4. The summed E-state index contributed by atoms with van der Waals surface area (Å²) in [4.78, 5) is 0. The molecule has 0 amide bonds. The number of nitrogens with one attached hydrogen (secondary N) is 1. The molecule has 0 saturated carbocycles. The number of hydrogen-bond donors (Lipinski definition) is 1. The molecule has 1 heterocycles. The minimum Gasteiger partial charge on any atom is -0.487 e. The summed E-state index contributed by atoms with van der Waals surface area (Å²) in [5.41, 5.74) is 3.97. The van der Waals surface area contributed by atoms with Gasteiger partial charge < -0.3 is 10.1 Å². The summed E-state index contributed by atoms with van der Waals surface area (Å²) in [5.74, 6) is 1.64. The van der Waals surface area contributed by atoms with Crippen molar-refractivity contribution >= 4 is 0 Å². The van der Waals surface area contributed by atoms with Gasteiger partial charge in [0.05, 0.1) is 0 Å². The fraction of sp³-hybridized carbons (Fsp3) is 0.667. The number of benzene rings is 1. The van der Waals surface area contributed by atoms with Crippen molar-refractivity contribution in [1.29, 1.82) is 0 Å². The molecule has 0 saturated heterocycles. The summed E-state index contributed by atoms with van der Waals surface area (Å²) in [6.07, 6.45) is 2.19. The van der Waals surface area contributed by atoms with Crippen LogP contribution in [0.25, 0.3) is 0 Å². The highest BCUT2D eigenvalue weighted by atomic mass is 16.5. The first-order valence-corrected chi connectivity index (χ1v) is 7.91. The average Bonchev–Trinajstić information content (AvgIpc) is 2.36. The molecule has 1 aromatic carbocycles.